The molecule has 6 nitrogen and oxygen atoms in total. The highest BCUT2D eigenvalue weighted by Crippen LogP contribution is 2.29. The van der Waals surface area contributed by atoms with Crippen LogP contribution in [0.3, 0.4) is 0 Å². The fourth-order valence-corrected chi connectivity index (χ4v) is 2.71. The second kappa shape index (κ2) is 8.49. The van der Waals surface area contributed by atoms with Gasteiger partial charge in [0.1, 0.15) is 11.6 Å². The fraction of sp³-hybridized carbons (Fsp3) is 0.286. The third-order valence-corrected chi connectivity index (χ3v) is 3.88. The molecule has 0 aliphatic heterocycles. The van der Waals surface area contributed by atoms with E-state index in [1.807, 2.05) is 6.07 Å². The quantitative estimate of drug-likeness (QED) is 0.596. The molecule has 1 N–H and O–H groups in total. The average Bonchev–Trinajstić information content (AvgIpc) is 2.60. The molecular weight excluding hydrogens is 344 g/mol. The average molecular weight is 368 g/mol. The van der Waals surface area contributed by atoms with Crippen LogP contribution in [-0.2, 0) is 4.74 Å². The lowest BCUT2D eigenvalue weighted by Crippen LogP contribution is -2.42. The van der Waals surface area contributed by atoms with Gasteiger partial charge in [-0.2, -0.15) is 0 Å². The molecule has 0 saturated carbocycles. The van der Waals surface area contributed by atoms with Crippen molar-refractivity contribution >= 4 is 11.7 Å². The van der Waals surface area contributed by atoms with Gasteiger partial charge in [-0.15, -0.1) is 0 Å². The SMILES string of the molecule is C=C(c1ccccc1)C(C(NC(=O)OC(C)(C)C)c1ccccc1)[N+](=O)[O-]. The van der Waals surface area contributed by atoms with Crippen LogP contribution in [0.4, 0.5) is 4.79 Å². The molecule has 27 heavy (non-hydrogen) atoms. The maximum absolute atomic E-state index is 12.3. The zero-order valence-corrected chi connectivity index (χ0v) is 15.7. The molecule has 0 heterocycles. The lowest BCUT2D eigenvalue weighted by Gasteiger charge is -2.26. The van der Waals surface area contributed by atoms with E-state index in [1.165, 1.54) is 0 Å². The van der Waals surface area contributed by atoms with E-state index in [9.17, 15) is 14.9 Å². The highest BCUT2D eigenvalue weighted by molar-refractivity contribution is 5.72. The molecule has 2 unspecified atom stereocenters. The van der Waals surface area contributed by atoms with Gasteiger partial charge in [-0.1, -0.05) is 67.2 Å². The molecule has 1 amide bonds. The number of rotatable bonds is 6. The molecule has 0 aliphatic carbocycles. The van der Waals surface area contributed by atoms with Gasteiger partial charge in [-0.3, -0.25) is 10.1 Å². The Bertz CT molecular complexity index is 798. The number of benzene rings is 2. The number of carbonyl (C=O) groups is 1. The topological polar surface area (TPSA) is 81.5 Å². The smallest absolute Gasteiger partial charge is 0.408 e. The van der Waals surface area contributed by atoms with Gasteiger partial charge in [-0.25, -0.2) is 4.79 Å². The van der Waals surface area contributed by atoms with Crippen LogP contribution in [0.15, 0.2) is 67.2 Å². The van der Waals surface area contributed by atoms with Crippen molar-refractivity contribution in [2.75, 3.05) is 0 Å². The number of ether oxygens (including phenoxy) is 1. The summed E-state index contributed by atoms with van der Waals surface area (Å²) >= 11 is 0. The first-order chi connectivity index (χ1) is 12.7. The van der Waals surface area contributed by atoms with Gasteiger partial charge in [0, 0.05) is 10.5 Å². The number of nitrogens with zero attached hydrogens (tertiary/aromatic N) is 1. The Labute approximate surface area is 159 Å². The molecular formula is C21H24N2O4. The Balaban J connectivity index is 2.41. The van der Waals surface area contributed by atoms with Crippen molar-refractivity contribution in [3.63, 3.8) is 0 Å². The zero-order valence-electron chi connectivity index (χ0n) is 15.7. The Morgan fingerprint density at radius 1 is 1.07 bits per heavy atom. The number of hydrogen-bond donors (Lipinski definition) is 1. The van der Waals surface area contributed by atoms with Gasteiger partial charge in [-0.05, 0) is 31.9 Å². The predicted octanol–water partition coefficient (Wildman–Crippen LogP) is 4.61. The van der Waals surface area contributed by atoms with Gasteiger partial charge in [0.05, 0.1) is 0 Å². The van der Waals surface area contributed by atoms with Crippen molar-refractivity contribution in [1.29, 1.82) is 0 Å². The van der Waals surface area contributed by atoms with Crippen molar-refractivity contribution in [2.45, 2.75) is 38.5 Å². The van der Waals surface area contributed by atoms with Crippen molar-refractivity contribution in [3.8, 4) is 0 Å². The minimum Gasteiger partial charge on any atom is -0.444 e. The standard InChI is InChI=1S/C21H24N2O4/c1-15(16-11-7-5-8-12-16)19(23(25)26)18(17-13-9-6-10-14-17)22-20(24)27-21(2,3)4/h5-14,18-19H,1H2,2-4H3,(H,22,24). The predicted molar refractivity (Wildman–Crippen MR) is 105 cm³/mol. The maximum Gasteiger partial charge on any atom is 0.408 e. The summed E-state index contributed by atoms with van der Waals surface area (Å²) < 4.78 is 5.30. The number of amides is 1. The van der Waals surface area contributed by atoms with E-state index in [1.54, 1.807) is 75.4 Å². The Kier molecular flexibility index (Phi) is 6.34. The highest BCUT2D eigenvalue weighted by Gasteiger charge is 2.38. The summed E-state index contributed by atoms with van der Waals surface area (Å²) in [6, 6.07) is 15.5. The van der Waals surface area contributed by atoms with Gasteiger partial charge in [0.15, 0.2) is 0 Å². The zero-order chi connectivity index (χ0) is 20.0. The van der Waals surface area contributed by atoms with Crippen LogP contribution in [0.2, 0.25) is 0 Å². The van der Waals surface area contributed by atoms with E-state index in [0.29, 0.717) is 16.7 Å². The summed E-state index contributed by atoms with van der Waals surface area (Å²) in [7, 11) is 0. The Morgan fingerprint density at radius 2 is 1.59 bits per heavy atom. The summed E-state index contributed by atoms with van der Waals surface area (Å²) in [5.74, 6) is 0. The first kappa shape index (κ1) is 20.2. The van der Waals surface area contributed by atoms with Gasteiger partial charge in [0.25, 0.3) is 6.04 Å². The minimum atomic E-state index is -1.25. The normalized spacial score (nSPS) is 13.3. The molecule has 0 bridgehead atoms. The first-order valence-electron chi connectivity index (χ1n) is 8.61. The molecule has 2 atom stereocenters. The molecule has 142 valence electrons. The van der Waals surface area contributed by atoms with Gasteiger partial charge < -0.3 is 10.1 Å². The van der Waals surface area contributed by atoms with E-state index in [4.69, 9.17) is 4.74 Å². The largest absolute Gasteiger partial charge is 0.444 e. The second-order valence-electron chi connectivity index (χ2n) is 7.16. The lowest BCUT2D eigenvalue weighted by atomic mass is 9.90. The molecule has 2 aromatic rings. The second-order valence-corrected chi connectivity index (χ2v) is 7.16. The summed E-state index contributed by atoms with van der Waals surface area (Å²) in [6.07, 6.45) is -0.718. The summed E-state index contributed by atoms with van der Waals surface area (Å²) in [5, 5.41) is 14.6. The third kappa shape index (κ3) is 5.67. The van der Waals surface area contributed by atoms with E-state index in [0.717, 1.165) is 0 Å². The molecule has 0 aromatic heterocycles. The molecule has 2 rings (SSSR count). The summed E-state index contributed by atoms with van der Waals surface area (Å²) in [6.45, 7) is 9.14. The number of hydrogen-bond acceptors (Lipinski definition) is 4. The van der Waals surface area contributed by atoms with Crippen molar-refractivity contribution in [3.05, 3.63) is 88.5 Å². The lowest BCUT2D eigenvalue weighted by molar-refractivity contribution is -0.510. The van der Waals surface area contributed by atoms with Crippen LogP contribution in [0.5, 0.6) is 0 Å². The molecule has 0 radical (unpaired) electrons. The van der Waals surface area contributed by atoms with Crippen LogP contribution in [0, 0.1) is 10.1 Å². The summed E-state index contributed by atoms with van der Waals surface area (Å²) in [4.78, 5) is 23.9. The first-order valence-corrected chi connectivity index (χ1v) is 8.61. The Hall–Kier alpha value is -3.15. The molecule has 6 heteroatoms. The van der Waals surface area contributed by atoms with E-state index >= 15 is 0 Å². The van der Waals surface area contributed by atoms with Crippen molar-refractivity contribution < 1.29 is 14.5 Å². The van der Waals surface area contributed by atoms with Gasteiger partial charge in [0.2, 0.25) is 0 Å². The van der Waals surface area contributed by atoms with Crippen molar-refractivity contribution in [2.24, 2.45) is 0 Å². The Morgan fingerprint density at radius 3 is 2.07 bits per heavy atom. The molecule has 0 fully saturated rings. The molecule has 0 saturated heterocycles. The molecule has 0 aliphatic rings. The summed E-state index contributed by atoms with van der Waals surface area (Å²) in [5.41, 5.74) is 0.838. The number of nitro groups is 1. The van der Waals surface area contributed by atoms with Crippen LogP contribution in [0.25, 0.3) is 5.57 Å². The van der Waals surface area contributed by atoms with E-state index < -0.39 is 28.7 Å². The third-order valence-electron chi connectivity index (χ3n) is 3.88. The van der Waals surface area contributed by atoms with Crippen LogP contribution < -0.4 is 5.32 Å². The number of carbonyl (C=O) groups excluding carboxylic acids is 1. The molecule has 0 spiro atoms. The van der Waals surface area contributed by atoms with E-state index in [-0.39, 0.29) is 0 Å². The number of nitrogens with one attached hydrogen (secondary N) is 1. The number of alkyl carbamates (subject to hydrolysis) is 1. The highest BCUT2D eigenvalue weighted by atomic mass is 16.6. The minimum absolute atomic E-state index is 0.311. The van der Waals surface area contributed by atoms with Crippen LogP contribution >= 0.6 is 0 Å². The van der Waals surface area contributed by atoms with Crippen LogP contribution in [0.1, 0.15) is 37.9 Å². The van der Waals surface area contributed by atoms with Gasteiger partial charge >= 0.3 is 6.09 Å². The maximum atomic E-state index is 12.3. The fourth-order valence-electron chi connectivity index (χ4n) is 2.71. The molecule has 2 aromatic carbocycles. The monoisotopic (exact) mass is 368 g/mol. The van der Waals surface area contributed by atoms with Crippen LogP contribution in [-0.4, -0.2) is 22.7 Å². The van der Waals surface area contributed by atoms with E-state index in [2.05, 4.69) is 11.9 Å². The van der Waals surface area contributed by atoms with Crippen molar-refractivity contribution in [1.82, 2.24) is 5.32 Å².